The average Bonchev–Trinajstić information content (AvgIpc) is 2.28. The number of rotatable bonds is 5. The van der Waals surface area contributed by atoms with Gasteiger partial charge in [-0.1, -0.05) is 6.92 Å². The molecule has 0 aliphatic carbocycles. The van der Waals surface area contributed by atoms with Crippen molar-refractivity contribution in [3.05, 3.63) is 0 Å². The van der Waals surface area contributed by atoms with Crippen molar-refractivity contribution in [3.63, 3.8) is 0 Å². The highest BCUT2D eigenvalue weighted by molar-refractivity contribution is 7.92. The smallest absolute Gasteiger partial charge is 0.153 e. The Bertz CT molecular complexity index is 362. The van der Waals surface area contributed by atoms with E-state index in [4.69, 9.17) is 0 Å². The molecular formula is C12H23NO3S. The van der Waals surface area contributed by atoms with Gasteiger partial charge < -0.3 is 4.90 Å². The Balaban J connectivity index is 2.46. The molecule has 0 N–H and O–H groups in total. The van der Waals surface area contributed by atoms with Gasteiger partial charge in [-0.05, 0) is 20.3 Å². The van der Waals surface area contributed by atoms with E-state index in [2.05, 4.69) is 4.90 Å². The van der Waals surface area contributed by atoms with Crippen molar-refractivity contribution < 1.29 is 13.2 Å². The Labute approximate surface area is 104 Å². The molecule has 1 heterocycles. The third-order valence-electron chi connectivity index (χ3n) is 3.51. The summed E-state index contributed by atoms with van der Waals surface area (Å²) in [6.45, 7) is 7.43. The van der Waals surface area contributed by atoms with Gasteiger partial charge >= 0.3 is 0 Å². The number of hydrogen-bond acceptors (Lipinski definition) is 4. The molecule has 0 aromatic rings. The highest BCUT2D eigenvalue weighted by Gasteiger charge is 2.26. The molecule has 0 amide bonds. The first-order valence-corrected chi connectivity index (χ1v) is 8.05. The number of carbonyl (C=O) groups is 1. The Kier molecular flexibility index (Phi) is 5.13. The van der Waals surface area contributed by atoms with Crippen molar-refractivity contribution >= 4 is 15.6 Å². The van der Waals surface area contributed by atoms with Crippen molar-refractivity contribution in [2.75, 3.05) is 25.4 Å². The summed E-state index contributed by atoms with van der Waals surface area (Å²) in [5.74, 6) is 0.635. The molecule has 0 bridgehead atoms. The van der Waals surface area contributed by atoms with E-state index in [1.165, 1.54) is 0 Å². The molecule has 0 aromatic carbocycles. The summed E-state index contributed by atoms with van der Waals surface area (Å²) in [4.78, 5) is 13.6. The van der Waals surface area contributed by atoms with Crippen molar-refractivity contribution in [1.29, 1.82) is 0 Å². The van der Waals surface area contributed by atoms with Gasteiger partial charge in [0.1, 0.15) is 5.78 Å². The molecule has 1 aliphatic heterocycles. The summed E-state index contributed by atoms with van der Waals surface area (Å²) in [6, 6.07) is 0. The number of sulfone groups is 1. The number of nitrogens with zero attached hydrogens (tertiary/aromatic N) is 1. The van der Waals surface area contributed by atoms with Gasteiger partial charge in [-0.2, -0.15) is 0 Å². The summed E-state index contributed by atoms with van der Waals surface area (Å²) in [5, 5.41) is -0.309. The third-order valence-corrected chi connectivity index (χ3v) is 5.70. The van der Waals surface area contributed by atoms with Crippen LogP contribution in [0.25, 0.3) is 0 Å². The zero-order valence-electron chi connectivity index (χ0n) is 11.0. The Morgan fingerprint density at radius 2 is 2.06 bits per heavy atom. The first-order chi connectivity index (χ1) is 7.86. The first kappa shape index (κ1) is 14.6. The Morgan fingerprint density at radius 1 is 1.41 bits per heavy atom. The number of hydrogen-bond donors (Lipinski definition) is 0. The number of ketones is 1. The highest BCUT2D eigenvalue weighted by atomic mass is 32.2. The number of piperidine rings is 1. The molecule has 1 fully saturated rings. The topological polar surface area (TPSA) is 54.5 Å². The van der Waals surface area contributed by atoms with Gasteiger partial charge in [-0.25, -0.2) is 8.42 Å². The van der Waals surface area contributed by atoms with Crippen LogP contribution < -0.4 is 0 Å². The predicted molar refractivity (Wildman–Crippen MR) is 68.8 cm³/mol. The van der Waals surface area contributed by atoms with Crippen LogP contribution in [-0.4, -0.2) is 49.7 Å². The van der Waals surface area contributed by atoms with Crippen LogP contribution >= 0.6 is 0 Å². The fourth-order valence-corrected chi connectivity index (χ4v) is 3.01. The minimum absolute atomic E-state index is 0.102. The second-order valence-electron chi connectivity index (χ2n) is 5.04. The fourth-order valence-electron chi connectivity index (χ4n) is 2.03. The van der Waals surface area contributed by atoms with Crippen molar-refractivity contribution in [3.8, 4) is 0 Å². The van der Waals surface area contributed by atoms with Gasteiger partial charge in [0.25, 0.3) is 0 Å². The quantitative estimate of drug-likeness (QED) is 0.744. The maximum atomic E-state index is 11.7. The normalized spacial score (nSPS) is 23.3. The largest absolute Gasteiger partial charge is 0.301 e. The molecule has 1 rings (SSSR count). The van der Waals surface area contributed by atoms with E-state index in [-0.39, 0.29) is 16.9 Å². The lowest BCUT2D eigenvalue weighted by molar-refractivity contribution is -0.126. The van der Waals surface area contributed by atoms with E-state index in [1.54, 1.807) is 13.8 Å². The van der Waals surface area contributed by atoms with E-state index in [0.717, 1.165) is 13.0 Å². The van der Waals surface area contributed by atoms with Crippen LogP contribution in [0.1, 0.15) is 33.6 Å². The Morgan fingerprint density at radius 3 is 2.59 bits per heavy atom. The second kappa shape index (κ2) is 5.96. The highest BCUT2D eigenvalue weighted by Crippen LogP contribution is 2.16. The lowest BCUT2D eigenvalue weighted by Crippen LogP contribution is -2.43. The van der Waals surface area contributed by atoms with E-state index < -0.39 is 9.84 Å². The maximum Gasteiger partial charge on any atom is 0.153 e. The van der Waals surface area contributed by atoms with Crippen molar-refractivity contribution in [1.82, 2.24) is 4.90 Å². The van der Waals surface area contributed by atoms with Crippen LogP contribution in [0.3, 0.4) is 0 Å². The minimum Gasteiger partial charge on any atom is -0.301 e. The average molecular weight is 261 g/mol. The van der Waals surface area contributed by atoms with E-state index in [1.807, 2.05) is 6.92 Å². The third kappa shape index (κ3) is 4.07. The molecule has 0 saturated carbocycles. The van der Waals surface area contributed by atoms with Gasteiger partial charge in [0, 0.05) is 32.0 Å². The fraction of sp³-hybridized carbons (Fsp3) is 0.917. The van der Waals surface area contributed by atoms with Gasteiger partial charge in [-0.3, -0.25) is 4.79 Å². The predicted octanol–water partition coefficient (Wildman–Crippen LogP) is 1.11. The number of likely N-dealkylation sites (tertiary alicyclic amines) is 1. The molecule has 1 unspecified atom stereocenters. The van der Waals surface area contributed by atoms with Gasteiger partial charge in [0.2, 0.25) is 0 Å². The minimum atomic E-state index is -2.96. The van der Waals surface area contributed by atoms with Crippen molar-refractivity contribution in [2.45, 2.75) is 38.9 Å². The van der Waals surface area contributed by atoms with Crippen LogP contribution in [0.4, 0.5) is 0 Å². The SMILES string of the molecule is CCC1CN(CCS(=O)(=O)C(C)C)CCC1=O. The molecule has 0 spiro atoms. The summed E-state index contributed by atoms with van der Waals surface area (Å²) in [7, 11) is -2.96. The van der Waals surface area contributed by atoms with Crippen LogP contribution in [0.5, 0.6) is 0 Å². The first-order valence-electron chi connectivity index (χ1n) is 6.33. The molecule has 4 nitrogen and oxygen atoms in total. The molecule has 0 aromatic heterocycles. The summed E-state index contributed by atoms with van der Waals surface area (Å²) >= 11 is 0. The monoisotopic (exact) mass is 261 g/mol. The van der Waals surface area contributed by atoms with Gasteiger partial charge in [0.05, 0.1) is 11.0 Å². The molecule has 5 heteroatoms. The molecule has 1 aliphatic rings. The molecule has 100 valence electrons. The molecule has 1 saturated heterocycles. The zero-order chi connectivity index (χ0) is 13.1. The van der Waals surface area contributed by atoms with E-state index >= 15 is 0 Å². The Hall–Kier alpha value is -0.420. The maximum absolute atomic E-state index is 11.7. The molecule has 17 heavy (non-hydrogen) atoms. The van der Waals surface area contributed by atoms with Crippen LogP contribution in [0, 0.1) is 5.92 Å². The number of carbonyl (C=O) groups excluding carboxylic acids is 1. The lowest BCUT2D eigenvalue weighted by Gasteiger charge is -2.31. The molecular weight excluding hydrogens is 238 g/mol. The molecule has 1 atom stereocenters. The summed E-state index contributed by atoms with van der Waals surface area (Å²) < 4.78 is 23.4. The van der Waals surface area contributed by atoms with E-state index in [0.29, 0.717) is 25.3 Å². The van der Waals surface area contributed by atoms with Crippen LogP contribution in [0.15, 0.2) is 0 Å². The number of Topliss-reactive ketones (excluding diaryl/α,β-unsaturated/α-hetero) is 1. The zero-order valence-corrected chi connectivity index (χ0v) is 11.8. The van der Waals surface area contributed by atoms with Crippen molar-refractivity contribution in [2.24, 2.45) is 5.92 Å². The molecule has 0 radical (unpaired) electrons. The summed E-state index contributed by atoms with van der Waals surface area (Å²) in [6.07, 6.45) is 1.42. The van der Waals surface area contributed by atoms with Gasteiger partial charge in [-0.15, -0.1) is 0 Å². The second-order valence-corrected chi connectivity index (χ2v) is 7.71. The standard InChI is InChI=1S/C12H23NO3S/c1-4-11-9-13(6-5-12(11)14)7-8-17(15,16)10(2)3/h10-11H,4-9H2,1-3H3. The lowest BCUT2D eigenvalue weighted by atomic mass is 9.94. The van der Waals surface area contributed by atoms with Gasteiger partial charge in [0.15, 0.2) is 9.84 Å². The van der Waals surface area contributed by atoms with Crippen LogP contribution in [0.2, 0.25) is 0 Å². The van der Waals surface area contributed by atoms with E-state index in [9.17, 15) is 13.2 Å². The van der Waals surface area contributed by atoms with Crippen LogP contribution in [-0.2, 0) is 14.6 Å². The summed E-state index contributed by atoms with van der Waals surface area (Å²) in [5.41, 5.74) is 0.